The molecule has 48 heavy (non-hydrogen) atoms. The van der Waals surface area contributed by atoms with Crippen molar-refractivity contribution in [2.24, 2.45) is 0 Å². The smallest absolute Gasteiger partial charge is 0.338 e. The van der Waals surface area contributed by atoms with Gasteiger partial charge < -0.3 is 20.7 Å². The maximum Gasteiger partial charge on any atom is 0.338 e. The van der Waals surface area contributed by atoms with E-state index in [1.54, 1.807) is 36.4 Å². The molecule has 244 valence electrons. The van der Waals surface area contributed by atoms with Crippen molar-refractivity contribution < 1.29 is 32.7 Å². The number of anilines is 1. The molecule has 1 aliphatic rings. The molecule has 3 N–H and O–H groups in total. The Labute approximate surface area is 277 Å². The van der Waals surface area contributed by atoms with Crippen LogP contribution in [-0.4, -0.2) is 45.4 Å². The fourth-order valence-electron chi connectivity index (χ4n) is 5.68. The highest BCUT2D eigenvalue weighted by Gasteiger charge is 2.30. The molecule has 0 saturated heterocycles. The first kappa shape index (κ1) is 32.3. The zero-order chi connectivity index (χ0) is 34.1. The van der Waals surface area contributed by atoms with Crippen molar-refractivity contribution >= 4 is 46.6 Å². The van der Waals surface area contributed by atoms with E-state index in [0.717, 1.165) is 33.3 Å². The molecule has 11 nitrogen and oxygen atoms in total. The fraction of sp³-hybridized carbons (Fsp3) is 0.176. The van der Waals surface area contributed by atoms with E-state index in [0.29, 0.717) is 29.1 Å². The molecule has 1 atom stereocenters. The Bertz CT molecular complexity index is 2140. The normalized spacial score (nSPS) is 13.6. The first-order valence-electron chi connectivity index (χ1n) is 14.7. The van der Waals surface area contributed by atoms with Gasteiger partial charge in [0.15, 0.2) is 17.3 Å². The number of halogens is 3. The molecule has 3 aromatic carbocycles. The van der Waals surface area contributed by atoms with E-state index in [4.69, 9.17) is 16.3 Å². The molecule has 0 radical (unpaired) electrons. The highest BCUT2D eigenvalue weighted by Crippen LogP contribution is 2.35. The van der Waals surface area contributed by atoms with Crippen LogP contribution in [0.1, 0.15) is 76.4 Å². The number of methoxy groups -OCH3 is 1. The quantitative estimate of drug-likeness (QED) is 0.188. The molecule has 1 unspecified atom stereocenters. The van der Waals surface area contributed by atoms with Gasteiger partial charge in [0.05, 0.1) is 24.9 Å². The Hall–Kier alpha value is -5.69. The number of rotatable bonds is 8. The number of nitrogens with one attached hydrogen (secondary N) is 3. The van der Waals surface area contributed by atoms with Crippen molar-refractivity contribution in [1.29, 1.82) is 0 Å². The number of aromatic nitrogens is 3. The van der Waals surface area contributed by atoms with Crippen molar-refractivity contribution in [3.8, 4) is 0 Å². The molecule has 2 aromatic heterocycles. The number of benzene rings is 3. The van der Waals surface area contributed by atoms with E-state index in [1.807, 2.05) is 6.92 Å². The largest absolute Gasteiger partial charge is 0.465 e. The molecule has 5 aromatic rings. The molecule has 6 rings (SSSR count). The molecule has 3 amide bonds. The van der Waals surface area contributed by atoms with Gasteiger partial charge in [0, 0.05) is 23.3 Å². The van der Waals surface area contributed by atoms with E-state index in [1.165, 1.54) is 25.4 Å². The summed E-state index contributed by atoms with van der Waals surface area (Å²) in [4.78, 5) is 57.1. The topological polar surface area (TPSA) is 144 Å². The number of esters is 1. The van der Waals surface area contributed by atoms with Gasteiger partial charge >= 0.3 is 5.97 Å². The second kappa shape index (κ2) is 13.2. The molecule has 2 heterocycles. The molecule has 14 heteroatoms. The minimum absolute atomic E-state index is 0.0311. The van der Waals surface area contributed by atoms with Gasteiger partial charge in [0.2, 0.25) is 0 Å². The van der Waals surface area contributed by atoms with Crippen molar-refractivity contribution in [3.05, 3.63) is 128 Å². The lowest BCUT2D eigenvalue weighted by molar-refractivity contribution is 0.0599. The van der Waals surface area contributed by atoms with Gasteiger partial charge in [0.25, 0.3) is 17.7 Å². The van der Waals surface area contributed by atoms with E-state index < -0.39 is 41.4 Å². The van der Waals surface area contributed by atoms with E-state index in [-0.39, 0.29) is 34.7 Å². The second-order valence-corrected chi connectivity index (χ2v) is 11.5. The summed E-state index contributed by atoms with van der Waals surface area (Å²) in [5.41, 5.74) is 3.25. The van der Waals surface area contributed by atoms with Gasteiger partial charge in [-0.1, -0.05) is 29.8 Å². The summed E-state index contributed by atoms with van der Waals surface area (Å²) in [6.45, 7) is 1.66. The molecule has 1 aliphatic carbocycles. The SMILES string of the molecule is COC(=O)c1ccc2c(c1C)CCC2NC(=O)c1cc(C(=O)NCc2ccc(F)c(F)c2)nc2c(C(=O)Nc3cccc(Cl)c3)cnn12. The number of carbonyl (C=O) groups is 4. The van der Waals surface area contributed by atoms with Crippen molar-refractivity contribution in [2.45, 2.75) is 32.4 Å². The van der Waals surface area contributed by atoms with Crippen molar-refractivity contribution in [1.82, 2.24) is 25.2 Å². The van der Waals surface area contributed by atoms with Crippen LogP contribution in [0.15, 0.2) is 66.9 Å². The molecular formula is C34H27ClF2N6O5. The van der Waals surface area contributed by atoms with Gasteiger partial charge in [-0.2, -0.15) is 5.10 Å². The molecule has 0 saturated carbocycles. The Morgan fingerprint density at radius 1 is 0.979 bits per heavy atom. The molecule has 0 bridgehead atoms. The first-order chi connectivity index (χ1) is 23.0. The van der Waals surface area contributed by atoms with Gasteiger partial charge in [-0.15, -0.1) is 0 Å². The van der Waals surface area contributed by atoms with Crippen LogP contribution in [0.25, 0.3) is 5.65 Å². The van der Waals surface area contributed by atoms with Crippen LogP contribution in [0.3, 0.4) is 0 Å². The monoisotopic (exact) mass is 672 g/mol. The molecule has 0 fully saturated rings. The van der Waals surface area contributed by atoms with E-state index in [2.05, 4.69) is 26.0 Å². The summed E-state index contributed by atoms with van der Waals surface area (Å²) < 4.78 is 33.2. The average Bonchev–Trinajstić information content (AvgIpc) is 3.69. The zero-order valence-corrected chi connectivity index (χ0v) is 26.3. The zero-order valence-electron chi connectivity index (χ0n) is 25.6. The van der Waals surface area contributed by atoms with E-state index >= 15 is 0 Å². The average molecular weight is 673 g/mol. The summed E-state index contributed by atoms with van der Waals surface area (Å²) >= 11 is 6.06. The third kappa shape index (κ3) is 6.32. The number of amides is 3. The van der Waals surface area contributed by atoms with Gasteiger partial charge in [-0.3, -0.25) is 14.4 Å². The Morgan fingerprint density at radius 2 is 1.79 bits per heavy atom. The van der Waals surface area contributed by atoms with Crippen LogP contribution < -0.4 is 16.0 Å². The molecular weight excluding hydrogens is 646 g/mol. The van der Waals surface area contributed by atoms with Crippen LogP contribution in [0.4, 0.5) is 14.5 Å². The van der Waals surface area contributed by atoms with Gasteiger partial charge in [-0.05, 0) is 78.4 Å². The van der Waals surface area contributed by atoms with Crippen molar-refractivity contribution in [2.75, 3.05) is 12.4 Å². The van der Waals surface area contributed by atoms with E-state index in [9.17, 15) is 28.0 Å². The standard InChI is InChI=1S/C34H27ClF2N6O5/c1-17-21-9-11-27(23(21)8-7-22(17)34(47)48-2)42-33(46)29-14-28(32(45)38-15-18-6-10-25(36)26(37)12-18)41-30-24(16-39-43(29)30)31(44)40-20-5-3-4-19(35)13-20/h3-8,10,12-14,16,27H,9,11,15H2,1-2H3,(H,38,45)(H,40,44)(H,42,46). The van der Waals surface area contributed by atoms with Crippen molar-refractivity contribution in [3.63, 3.8) is 0 Å². The summed E-state index contributed by atoms with van der Waals surface area (Å²) in [5.74, 6) is -4.51. The Balaban J connectivity index is 1.33. The highest BCUT2D eigenvalue weighted by atomic mass is 35.5. The van der Waals surface area contributed by atoms with Crippen LogP contribution in [0.2, 0.25) is 5.02 Å². The van der Waals surface area contributed by atoms with Crippen LogP contribution in [0.5, 0.6) is 0 Å². The fourth-order valence-corrected chi connectivity index (χ4v) is 5.87. The number of hydrogen-bond donors (Lipinski definition) is 3. The highest BCUT2D eigenvalue weighted by molar-refractivity contribution is 6.31. The number of hydrogen-bond acceptors (Lipinski definition) is 7. The first-order valence-corrected chi connectivity index (χ1v) is 15.1. The second-order valence-electron chi connectivity index (χ2n) is 11.1. The Morgan fingerprint density at radius 3 is 2.54 bits per heavy atom. The number of carbonyl (C=O) groups excluding carboxylic acids is 4. The summed E-state index contributed by atoms with van der Waals surface area (Å²) in [7, 11) is 1.31. The predicted molar refractivity (Wildman–Crippen MR) is 171 cm³/mol. The lowest BCUT2D eigenvalue weighted by Gasteiger charge is -2.16. The molecule has 0 aliphatic heterocycles. The summed E-state index contributed by atoms with van der Waals surface area (Å²) in [6.07, 6.45) is 2.38. The van der Waals surface area contributed by atoms with Crippen LogP contribution in [0, 0.1) is 18.6 Å². The third-order valence-corrected chi connectivity index (χ3v) is 8.34. The number of ether oxygens (including phenoxy) is 1. The van der Waals surface area contributed by atoms with Gasteiger partial charge in [-0.25, -0.2) is 23.1 Å². The Kier molecular flexibility index (Phi) is 8.87. The van der Waals surface area contributed by atoms with Gasteiger partial charge in [0.1, 0.15) is 17.0 Å². The summed E-state index contributed by atoms with van der Waals surface area (Å²) in [6, 6.07) is 13.9. The third-order valence-electron chi connectivity index (χ3n) is 8.11. The van der Waals surface area contributed by atoms with Crippen LogP contribution >= 0.6 is 11.6 Å². The molecule has 0 spiro atoms. The number of fused-ring (bicyclic) bond motifs is 2. The van der Waals surface area contributed by atoms with Crippen LogP contribution in [-0.2, 0) is 17.7 Å². The minimum atomic E-state index is -1.07. The lowest BCUT2D eigenvalue weighted by Crippen LogP contribution is -2.31. The summed E-state index contributed by atoms with van der Waals surface area (Å²) in [5, 5.41) is 12.9. The number of nitrogens with zero attached hydrogens (tertiary/aromatic N) is 3. The lowest BCUT2D eigenvalue weighted by atomic mass is 9.98. The minimum Gasteiger partial charge on any atom is -0.465 e. The maximum absolute atomic E-state index is 13.9. The predicted octanol–water partition coefficient (Wildman–Crippen LogP) is 5.36. The maximum atomic E-state index is 13.9.